The molecule has 0 bridgehead atoms. The number of halogens is 2. The molecule has 2 rings (SSSR count). The smallest absolute Gasteiger partial charge is 0.0845 e. The summed E-state index contributed by atoms with van der Waals surface area (Å²) in [6, 6.07) is 2.10. The van der Waals surface area contributed by atoms with Crippen molar-refractivity contribution < 1.29 is 4.74 Å². The summed E-state index contributed by atoms with van der Waals surface area (Å²) < 4.78 is 7.12. The van der Waals surface area contributed by atoms with E-state index in [0.717, 1.165) is 19.6 Å². The van der Waals surface area contributed by atoms with Gasteiger partial charge in [-0.1, -0.05) is 0 Å². The summed E-state index contributed by atoms with van der Waals surface area (Å²) in [6.07, 6.45) is 0.138. The van der Waals surface area contributed by atoms with Gasteiger partial charge in [-0.3, -0.25) is 4.90 Å². The van der Waals surface area contributed by atoms with Gasteiger partial charge in [-0.25, -0.2) is 0 Å². The van der Waals surface area contributed by atoms with Crippen molar-refractivity contribution in [3.63, 3.8) is 0 Å². The van der Waals surface area contributed by atoms with Gasteiger partial charge in [-0.2, -0.15) is 0 Å². The summed E-state index contributed by atoms with van der Waals surface area (Å²) in [5.41, 5.74) is -0.110. The number of thiophene rings is 1. The van der Waals surface area contributed by atoms with Crippen LogP contribution in [0.4, 0.5) is 0 Å². The number of rotatable bonds is 3. The maximum atomic E-state index is 5.93. The van der Waals surface area contributed by atoms with Gasteiger partial charge in [0.15, 0.2) is 0 Å². The molecule has 5 heteroatoms. The second-order valence-corrected chi connectivity index (χ2v) is 7.18. The quantitative estimate of drug-likeness (QED) is 0.779. The molecule has 0 aliphatic carbocycles. The van der Waals surface area contributed by atoms with E-state index in [2.05, 4.69) is 46.1 Å². The molecule has 1 aliphatic rings. The van der Waals surface area contributed by atoms with Crippen molar-refractivity contribution in [1.29, 1.82) is 0 Å². The molecule has 0 spiro atoms. The van der Waals surface area contributed by atoms with Gasteiger partial charge in [0.25, 0.3) is 0 Å². The number of nitrogens with zero attached hydrogens (tertiary/aromatic N) is 1. The van der Waals surface area contributed by atoms with E-state index in [1.807, 2.05) is 0 Å². The molecule has 1 atom stereocenters. The normalized spacial score (nSPS) is 25.1. The van der Waals surface area contributed by atoms with Gasteiger partial charge >= 0.3 is 0 Å². The highest BCUT2D eigenvalue weighted by Gasteiger charge is 2.33. The fourth-order valence-electron chi connectivity index (χ4n) is 2.26. The van der Waals surface area contributed by atoms with Gasteiger partial charge in [-0.15, -0.1) is 22.9 Å². The van der Waals surface area contributed by atoms with E-state index in [-0.39, 0.29) is 11.7 Å². The first kappa shape index (κ1) is 13.8. The summed E-state index contributed by atoms with van der Waals surface area (Å²) in [6.45, 7) is 7.09. The van der Waals surface area contributed by atoms with Gasteiger partial charge in [0.05, 0.1) is 11.7 Å². The first-order valence-corrected chi connectivity index (χ1v) is 7.89. The zero-order valence-corrected chi connectivity index (χ0v) is 13.2. The Morgan fingerprint density at radius 3 is 3.00 bits per heavy atom. The first-order valence-electron chi connectivity index (χ1n) is 5.68. The highest BCUT2D eigenvalue weighted by Crippen LogP contribution is 2.28. The van der Waals surface area contributed by atoms with Gasteiger partial charge in [0.1, 0.15) is 0 Å². The van der Waals surface area contributed by atoms with Crippen LogP contribution in [-0.4, -0.2) is 35.6 Å². The summed E-state index contributed by atoms with van der Waals surface area (Å²) in [5, 5.41) is 2.12. The molecule has 96 valence electrons. The summed E-state index contributed by atoms with van der Waals surface area (Å²) in [4.78, 5) is 3.80. The molecule has 1 fully saturated rings. The Bertz CT molecular complexity index is 382. The molecule has 2 nitrogen and oxygen atoms in total. The summed E-state index contributed by atoms with van der Waals surface area (Å²) >= 11 is 11.3. The van der Waals surface area contributed by atoms with Gasteiger partial charge in [-0.05, 0) is 41.2 Å². The SMILES string of the molecule is CC1(C)CN(Cc2sccc2Br)CC(CCl)O1. The number of hydrogen-bond donors (Lipinski definition) is 0. The monoisotopic (exact) mass is 337 g/mol. The van der Waals surface area contributed by atoms with Gasteiger partial charge < -0.3 is 4.74 Å². The molecule has 0 N–H and O–H groups in total. The van der Waals surface area contributed by atoms with E-state index in [4.69, 9.17) is 16.3 Å². The fourth-order valence-corrected chi connectivity index (χ4v) is 3.94. The molecular formula is C12H17BrClNOS. The number of morpholine rings is 1. The molecule has 1 unspecified atom stereocenters. The minimum atomic E-state index is -0.110. The van der Waals surface area contributed by atoms with E-state index < -0.39 is 0 Å². The van der Waals surface area contributed by atoms with Crippen molar-refractivity contribution in [3.05, 3.63) is 20.8 Å². The van der Waals surface area contributed by atoms with E-state index in [0.29, 0.717) is 5.88 Å². The lowest BCUT2D eigenvalue weighted by molar-refractivity contribution is -0.129. The van der Waals surface area contributed by atoms with Crippen LogP contribution in [0.15, 0.2) is 15.9 Å². The minimum absolute atomic E-state index is 0.110. The Morgan fingerprint density at radius 2 is 2.41 bits per heavy atom. The van der Waals surface area contributed by atoms with Crippen molar-refractivity contribution in [1.82, 2.24) is 4.90 Å². The minimum Gasteiger partial charge on any atom is -0.368 e. The van der Waals surface area contributed by atoms with Crippen molar-refractivity contribution in [2.45, 2.75) is 32.1 Å². The van der Waals surface area contributed by atoms with Crippen LogP contribution in [0.2, 0.25) is 0 Å². The topological polar surface area (TPSA) is 12.5 Å². The Morgan fingerprint density at radius 1 is 1.65 bits per heavy atom. The molecule has 2 heterocycles. The van der Waals surface area contributed by atoms with Crippen LogP contribution in [0.1, 0.15) is 18.7 Å². The highest BCUT2D eigenvalue weighted by molar-refractivity contribution is 9.10. The lowest BCUT2D eigenvalue weighted by Gasteiger charge is -2.42. The van der Waals surface area contributed by atoms with E-state index in [1.54, 1.807) is 11.3 Å². The van der Waals surface area contributed by atoms with Crippen LogP contribution >= 0.6 is 38.9 Å². The number of hydrogen-bond acceptors (Lipinski definition) is 3. The van der Waals surface area contributed by atoms with Crippen molar-refractivity contribution in [2.75, 3.05) is 19.0 Å². The lowest BCUT2D eigenvalue weighted by Crippen LogP contribution is -2.52. The van der Waals surface area contributed by atoms with E-state index in [9.17, 15) is 0 Å². The molecule has 1 aromatic rings. The lowest BCUT2D eigenvalue weighted by atomic mass is 10.1. The standard InChI is InChI=1S/C12H17BrClNOS/c1-12(2)8-15(6-9(5-14)16-12)7-11-10(13)3-4-17-11/h3-4,9H,5-8H2,1-2H3. The second-order valence-electron chi connectivity index (χ2n) is 5.02. The Kier molecular flexibility index (Phi) is 4.53. The van der Waals surface area contributed by atoms with Crippen molar-refractivity contribution >= 4 is 38.9 Å². The molecule has 17 heavy (non-hydrogen) atoms. The fraction of sp³-hybridized carbons (Fsp3) is 0.667. The zero-order valence-electron chi connectivity index (χ0n) is 10.1. The molecule has 0 radical (unpaired) electrons. The van der Waals surface area contributed by atoms with E-state index in [1.165, 1.54) is 9.35 Å². The number of ether oxygens (including phenoxy) is 1. The van der Waals surface area contributed by atoms with Crippen LogP contribution in [0.5, 0.6) is 0 Å². The maximum Gasteiger partial charge on any atom is 0.0845 e. The molecule has 0 saturated carbocycles. The third-order valence-corrected chi connectivity index (χ3v) is 5.04. The number of alkyl halides is 1. The largest absolute Gasteiger partial charge is 0.368 e. The molecule has 0 amide bonds. The van der Waals surface area contributed by atoms with Gasteiger partial charge in [0, 0.05) is 34.9 Å². The van der Waals surface area contributed by atoms with Crippen LogP contribution in [0.3, 0.4) is 0 Å². The van der Waals surface area contributed by atoms with Crippen LogP contribution in [0.25, 0.3) is 0 Å². The highest BCUT2D eigenvalue weighted by atomic mass is 79.9. The maximum absolute atomic E-state index is 5.93. The third-order valence-electron chi connectivity index (χ3n) is 2.78. The zero-order chi connectivity index (χ0) is 12.5. The van der Waals surface area contributed by atoms with Crippen LogP contribution < -0.4 is 0 Å². The predicted octanol–water partition coefficient (Wildman–Crippen LogP) is 3.73. The average Bonchev–Trinajstić information content (AvgIpc) is 2.62. The van der Waals surface area contributed by atoms with Crippen LogP contribution in [-0.2, 0) is 11.3 Å². The van der Waals surface area contributed by atoms with E-state index >= 15 is 0 Å². The average molecular weight is 339 g/mol. The van der Waals surface area contributed by atoms with Crippen molar-refractivity contribution in [2.24, 2.45) is 0 Å². The molecular weight excluding hydrogens is 322 g/mol. The molecule has 1 aliphatic heterocycles. The van der Waals surface area contributed by atoms with Crippen molar-refractivity contribution in [3.8, 4) is 0 Å². The molecule has 1 saturated heterocycles. The Balaban J connectivity index is 2.03. The second kappa shape index (κ2) is 5.57. The predicted molar refractivity (Wildman–Crippen MR) is 77.0 cm³/mol. The molecule has 0 aromatic carbocycles. The first-order chi connectivity index (χ1) is 8.00. The third kappa shape index (κ3) is 3.67. The Labute approximate surface area is 120 Å². The van der Waals surface area contributed by atoms with Crippen LogP contribution in [0, 0.1) is 0 Å². The van der Waals surface area contributed by atoms with Gasteiger partial charge in [0.2, 0.25) is 0 Å². The summed E-state index contributed by atoms with van der Waals surface area (Å²) in [7, 11) is 0. The summed E-state index contributed by atoms with van der Waals surface area (Å²) in [5.74, 6) is 0.561. The molecule has 1 aromatic heterocycles. The Hall–Kier alpha value is 0.390.